The zero-order valence-electron chi connectivity index (χ0n) is 10.4. The Kier molecular flexibility index (Phi) is 2.63. The number of hydrogen-bond acceptors (Lipinski definition) is 5. The number of rotatable bonds is 1. The molecule has 0 atom stereocenters. The van der Waals surface area contributed by atoms with Crippen molar-refractivity contribution in [1.29, 1.82) is 0 Å². The van der Waals surface area contributed by atoms with E-state index < -0.39 is 5.60 Å². The van der Waals surface area contributed by atoms with E-state index in [1.54, 1.807) is 0 Å². The lowest BCUT2D eigenvalue weighted by Gasteiger charge is -2.35. The zero-order valence-corrected chi connectivity index (χ0v) is 10.4. The summed E-state index contributed by atoms with van der Waals surface area (Å²) in [6.45, 7) is 3.42. The quantitative estimate of drug-likeness (QED) is 0.821. The van der Waals surface area contributed by atoms with E-state index in [9.17, 15) is 5.11 Å². The summed E-state index contributed by atoms with van der Waals surface area (Å²) < 4.78 is 0. The van der Waals surface area contributed by atoms with Gasteiger partial charge in [-0.2, -0.15) is 0 Å². The Bertz CT molecular complexity index is 560. The number of para-hydroxylation sites is 1. The summed E-state index contributed by atoms with van der Waals surface area (Å²) in [6, 6.07) is 7.71. The number of piperidine rings is 1. The molecule has 0 saturated carbocycles. The lowest BCUT2D eigenvalue weighted by molar-refractivity contribution is 0.0348. The number of aliphatic hydroxyl groups is 1. The smallest absolute Gasteiger partial charge is 0.245 e. The van der Waals surface area contributed by atoms with Crippen LogP contribution in [-0.2, 0) is 0 Å². The van der Waals surface area contributed by atoms with Crippen LogP contribution in [0.2, 0.25) is 0 Å². The molecule has 1 aliphatic rings. The van der Waals surface area contributed by atoms with Crippen LogP contribution in [0.4, 0.5) is 5.95 Å². The van der Waals surface area contributed by atoms with Gasteiger partial charge in [0, 0.05) is 13.1 Å². The molecule has 5 nitrogen and oxygen atoms in total. The molecule has 0 unspecified atom stereocenters. The normalized spacial score (nSPS) is 19.1. The molecular weight excluding hydrogens is 228 g/mol. The molecule has 1 aromatic carbocycles. The van der Waals surface area contributed by atoms with Gasteiger partial charge in [-0.05, 0) is 31.9 Å². The number of benzene rings is 1. The summed E-state index contributed by atoms with van der Waals surface area (Å²) in [7, 11) is 0. The van der Waals surface area contributed by atoms with Gasteiger partial charge in [-0.25, -0.2) is 4.98 Å². The molecule has 0 spiro atoms. The van der Waals surface area contributed by atoms with Crippen molar-refractivity contribution < 1.29 is 5.11 Å². The van der Waals surface area contributed by atoms with Gasteiger partial charge in [-0.3, -0.25) is 0 Å². The van der Waals surface area contributed by atoms with E-state index in [-0.39, 0.29) is 0 Å². The minimum atomic E-state index is -0.555. The number of fused-ring (bicyclic) bond motifs is 1. The highest BCUT2D eigenvalue weighted by Crippen LogP contribution is 2.24. The molecule has 1 fully saturated rings. The fraction of sp³-hybridized carbons (Fsp3) is 0.462. The minimum absolute atomic E-state index is 0.555. The number of hydrogen-bond donors (Lipinski definition) is 1. The first-order valence-electron chi connectivity index (χ1n) is 6.21. The molecule has 2 heterocycles. The van der Waals surface area contributed by atoms with E-state index in [0.29, 0.717) is 5.95 Å². The largest absolute Gasteiger partial charge is 0.390 e. The Morgan fingerprint density at radius 1 is 1.11 bits per heavy atom. The number of anilines is 1. The van der Waals surface area contributed by atoms with Crippen molar-refractivity contribution in [2.75, 3.05) is 18.0 Å². The van der Waals surface area contributed by atoms with Crippen LogP contribution in [0.5, 0.6) is 0 Å². The van der Waals surface area contributed by atoms with Crippen molar-refractivity contribution in [2.24, 2.45) is 0 Å². The van der Waals surface area contributed by atoms with Gasteiger partial charge in [0.1, 0.15) is 5.52 Å². The van der Waals surface area contributed by atoms with E-state index >= 15 is 0 Å². The fourth-order valence-corrected chi connectivity index (χ4v) is 2.19. The number of nitrogens with zero attached hydrogens (tertiary/aromatic N) is 4. The van der Waals surface area contributed by atoms with Crippen LogP contribution in [0.15, 0.2) is 24.3 Å². The second kappa shape index (κ2) is 4.17. The summed E-state index contributed by atoms with van der Waals surface area (Å²) >= 11 is 0. The van der Waals surface area contributed by atoms with Crippen LogP contribution in [-0.4, -0.2) is 39.0 Å². The molecule has 3 rings (SSSR count). The maximum Gasteiger partial charge on any atom is 0.245 e. The van der Waals surface area contributed by atoms with Gasteiger partial charge in [0.15, 0.2) is 0 Å². The highest BCUT2D eigenvalue weighted by atomic mass is 16.3. The average Bonchev–Trinajstić information content (AvgIpc) is 2.38. The first-order valence-corrected chi connectivity index (χ1v) is 6.21. The highest BCUT2D eigenvalue weighted by molar-refractivity contribution is 5.74. The topological polar surface area (TPSA) is 62.1 Å². The Hall–Kier alpha value is -1.75. The maximum absolute atomic E-state index is 9.93. The SMILES string of the molecule is CC1(O)CCN(c2nnc3ccccc3n2)CC1. The van der Waals surface area contributed by atoms with Gasteiger partial charge in [0.05, 0.1) is 11.1 Å². The summed E-state index contributed by atoms with van der Waals surface area (Å²) in [6.07, 6.45) is 1.48. The van der Waals surface area contributed by atoms with E-state index in [1.807, 2.05) is 31.2 Å². The summed E-state index contributed by atoms with van der Waals surface area (Å²) in [4.78, 5) is 6.60. The molecule has 1 aliphatic heterocycles. The lowest BCUT2D eigenvalue weighted by Crippen LogP contribution is -2.43. The van der Waals surface area contributed by atoms with Crippen LogP contribution < -0.4 is 4.90 Å². The van der Waals surface area contributed by atoms with E-state index in [4.69, 9.17) is 0 Å². The van der Waals surface area contributed by atoms with Crippen LogP contribution in [0.25, 0.3) is 11.0 Å². The second-order valence-electron chi connectivity index (χ2n) is 5.08. The van der Waals surface area contributed by atoms with E-state index in [0.717, 1.165) is 37.0 Å². The van der Waals surface area contributed by atoms with Gasteiger partial charge in [0.25, 0.3) is 0 Å². The van der Waals surface area contributed by atoms with Crippen LogP contribution in [0.1, 0.15) is 19.8 Å². The summed E-state index contributed by atoms with van der Waals surface area (Å²) in [5, 5.41) is 18.3. The monoisotopic (exact) mass is 244 g/mol. The standard InChI is InChI=1S/C13H16N4O/c1-13(18)6-8-17(9-7-13)12-14-10-4-2-3-5-11(10)15-16-12/h2-5,18H,6-9H2,1H3. The van der Waals surface area contributed by atoms with Crippen molar-refractivity contribution in [3.05, 3.63) is 24.3 Å². The zero-order chi connectivity index (χ0) is 12.6. The van der Waals surface area contributed by atoms with E-state index in [2.05, 4.69) is 20.1 Å². The summed E-state index contributed by atoms with van der Waals surface area (Å²) in [5.41, 5.74) is 1.12. The van der Waals surface area contributed by atoms with Crippen LogP contribution >= 0.6 is 0 Å². The van der Waals surface area contributed by atoms with Crippen molar-refractivity contribution in [3.8, 4) is 0 Å². The molecule has 18 heavy (non-hydrogen) atoms. The molecule has 0 aliphatic carbocycles. The van der Waals surface area contributed by atoms with Crippen molar-refractivity contribution in [1.82, 2.24) is 15.2 Å². The first-order chi connectivity index (χ1) is 8.64. The predicted octanol–water partition coefficient (Wildman–Crippen LogP) is 1.38. The van der Waals surface area contributed by atoms with Gasteiger partial charge < -0.3 is 10.0 Å². The van der Waals surface area contributed by atoms with Gasteiger partial charge in [0.2, 0.25) is 5.95 Å². The predicted molar refractivity (Wildman–Crippen MR) is 69.4 cm³/mol. The van der Waals surface area contributed by atoms with Gasteiger partial charge in [-0.15, -0.1) is 10.2 Å². The molecule has 1 N–H and O–H groups in total. The lowest BCUT2D eigenvalue weighted by atomic mass is 9.94. The molecule has 2 aromatic rings. The number of aromatic nitrogens is 3. The maximum atomic E-state index is 9.93. The Morgan fingerprint density at radius 2 is 1.78 bits per heavy atom. The van der Waals surface area contributed by atoms with Gasteiger partial charge >= 0.3 is 0 Å². The molecule has 5 heteroatoms. The molecule has 0 radical (unpaired) electrons. The van der Waals surface area contributed by atoms with Crippen molar-refractivity contribution in [2.45, 2.75) is 25.4 Å². The third kappa shape index (κ3) is 2.13. The second-order valence-corrected chi connectivity index (χ2v) is 5.08. The molecule has 0 bridgehead atoms. The Morgan fingerprint density at radius 3 is 2.50 bits per heavy atom. The molecular formula is C13H16N4O. The highest BCUT2D eigenvalue weighted by Gasteiger charge is 2.28. The third-order valence-corrected chi connectivity index (χ3v) is 3.47. The van der Waals surface area contributed by atoms with Crippen molar-refractivity contribution in [3.63, 3.8) is 0 Å². The fourth-order valence-electron chi connectivity index (χ4n) is 2.19. The molecule has 1 saturated heterocycles. The average molecular weight is 244 g/mol. The van der Waals surface area contributed by atoms with Crippen LogP contribution in [0, 0.1) is 0 Å². The summed E-state index contributed by atoms with van der Waals surface area (Å²) in [5.74, 6) is 0.657. The third-order valence-electron chi connectivity index (χ3n) is 3.47. The first kappa shape index (κ1) is 11.3. The Balaban J connectivity index is 1.87. The Labute approximate surface area is 105 Å². The van der Waals surface area contributed by atoms with Crippen LogP contribution in [0.3, 0.4) is 0 Å². The van der Waals surface area contributed by atoms with Gasteiger partial charge in [-0.1, -0.05) is 12.1 Å². The minimum Gasteiger partial charge on any atom is -0.390 e. The molecule has 0 amide bonds. The molecule has 94 valence electrons. The van der Waals surface area contributed by atoms with Crippen molar-refractivity contribution >= 4 is 17.0 Å². The van der Waals surface area contributed by atoms with E-state index in [1.165, 1.54) is 0 Å². The molecule has 1 aromatic heterocycles.